The van der Waals surface area contributed by atoms with E-state index < -0.39 is 0 Å². The lowest BCUT2D eigenvalue weighted by Crippen LogP contribution is -1.97. The van der Waals surface area contributed by atoms with Crippen LogP contribution >= 0.6 is 0 Å². The molecule has 0 N–H and O–H groups in total. The van der Waals surface area contributed by atoms with E-state index in [2.05, 4.69) is 0 Å². The minimum atomic E-state index is 0.101. The maximum absolute atomic E-state index is 11.6. The summed E-state index contributed by atoms with van der Waals surface area (Å²) in [5.41, 5.74) is 3.05. The third-order valence-corrected chi connectivity index (χ3v) is 2.15. The molecule has 0 aliphatic carbocycles. The Morgan fingerprint density at radius 1 is 1.36 bits per heavy atom. The summed E-state index contributed by atoms with van der Waals surface area (Å²) < 4.78 is 0. The van der Waals surface area contributed by atoms with Crippen molar-refractivity contribution in [2.75, 3.05) is 0 Å². The van der Waals surface area contributed by atoms with Gasteiger partial charge in [-0.15, -0.1) is 0 Å². The third kappa shape index (κ3) is 2.56. The number of rotatable bonds is 3. The Balaban J connectivity index is 2.96. The summed E-state index contributed by atoms with van der Waals surface area (Å²) in [6.07, 6.45) is 4.44. The predicted octanol–water partition coefficient (Wildman–Crippen LogP) is 3.45. The van der Waals surface area contributed by atoms with Crippen molar-refractivity contribution >= 4 is 5.78 Å². The first-order valence-electron chi connectivity index (χ1n) is 4.93. The molecule has 14 heavy (non-hydrogen) atoms. The lowest BCUT2D eigenvalue weighted by molar-refractivity contribution is 0.104. The van der Waals surface area contributed by atoms with Crippen LogP contribution in [-0.4, -0.2) is 5.78 Å². The van der Waals surface area contributed by atoms with Gasteiger partial charge in [0.2, 0.25) is 0 Å². The van der Waals surface area contributed by atoms with Crippen LogP contribution in [0.25, 0.3) is 0 Å². The first-order chi connectivity index (χ1) is 6.65. The van der Waals surface area contributed by atoms with E-state index in [9.17, 15) is 4.79 Å². The summed E-state index contributed by atoms with van der Waals surface area (Å²) in [6.45, 7) is 6.02. The van der Waals surface area contributed by atoms with Gasteiger partial charge in [-0.25, -0.2) is 0 Å². The van der Waals surface area contributed by atoms with E-state index in [1.807, 2.05) is 45.0 Å². The average Bonchev–Trinajstić information content (AvgIpc) is 2.14. The number of benzene rings is 1. The van der Waals surface area contributed by atoms with Gasteiger partial charge in [-0.3, -0.25) is 4.79 Å². The molecule has 0 radical (unpaired) electrons. The molecule has 1 aromatic carbocycles. The lowest BCUT2D eigenvalue weighted by atomic mass is 10.0. The molecule has 1 aromatic rings. The second-order valence-corrected chi connectivity index (χ2v) is 3.49. The number of allylic oxidation sites excluding steroid dienone is 2. The van der Waals surface area contributed by atoms with E-state index in [0.717, 1.165) is 17.5 Å². The van der Waals surface area contributed by atoms with E-state index in [1.165, 1.54) is 5.56 Å². The van der Waals surface area contributed by atoms with Gasteiger partial charge < -0.3 is 0 Å². The highest BCUT2D eigenvalue weighted by molar-refractivity contribution is 6.05. The fourth-order valence-electron chi connectivity index (χ4n) is 1.40. The minimum Gasteiger partial charge on any atom is -0.289 e. The first kappa shape index (κ1) is 10.7. The SMILES string of the molecule is CC/C=C/C(=O)c1ccc(C)cc1C. The molecule has 74 valence electrons. The van der Waals surface area contributed by atoms with Gasteiger partial charge in [0.1, 0.15) is 0 Å². The van der Waals surface area contributed by atoms with Crippen molar-refractivity contribution in [3.8, 4) is 0 Å². The molecule has 0 atom stereocenters. The lowest BCUT2D eigenvalue weighted by Gasteiger charge is -2.02. The van der Waals surface area contributed by atoms with Crippen LogP contribution in [0.15, 0.2) is 30.4 Å². The Morgan fingerprint density at radius 2 is 2.07 bits per heavy atom. The average molecular weight is 188 g/mol. The highest BCUT2D eigenvalue weighted by Gasteiger charge is 2.04. The van der Waals surface area contributed by atoms with E-state index in [-0.39, 0.29) is 5.78 Å². The maximum Gasteiger partial charge on any atom is 0.185 e. The second-order valence-electron chi connectivity index (χ2n) is 3.49. The molecule has 1 nitrogen and oxygen atoms in total. The monoisotopic (exact) mass is 188 g/mol. The van der Waals surface area contributed by atoms with Crippen molar-refractivity contribution < 1.29 is 4.79 Å². The summed E-state index contributed by atoms with van der Waals surface area (Å²) in [6, 6.07) is 5.90. The van der Waals surface area contributed by atoms with Gasteiger partial charge in [0.25, 0.3) is 0 Å². The largest absolute Gasteiger partial charge is 0.289 e. The van der Waals surface area contributed by atoms with Crippen molar-refractivity contribution in [1.82, 2.24) is 0 Å². The summed E-state index contributed by atoms with van der Waals surface area (Å²) in [7, 11) is 0. The van der Waals surface area contributed by atoms with Gasteiger partial charge in [-0.2, -0.15) is 0 Å². The summed E-state index contributed by atoms with van der Waals surface area (Å²) in [4.78, 5) is 11.6. The van der Waals surface area contributed by atoms with E-state index >= 15 is 0 Å². The zero-order valence-corrected chi connectivity index (χ0v) is 9.00. The van der Waals surface area contributed by atoms with Gasteiger partial charge in [-0.05, 0) is 31.9 Å². The molecule has 0 aliphatic heterocycles. The number of ketones is 1. The van der Waals surface area contributed by atoms with Gasteiger partial charge in [0.15, 0.2) is 5.78 Å². The smallest absolute Gasteiger partial charge is 0.185 e. The molecular weight excluding hydrogens is 172 g/mol. The number of aryl methyl sites for hydroxylation is 2. The molecule has 0 unspecified atom stereocenters. The van der Waals surface area contributed by atoms with Crippen LogP contribution in [-0.2, 0) is 0 Å². The topological polar surface area (TPSA) is 17.1 Å². The van der Waals surface area contributed by atoms with E-state index in [1.54, 1.807) is 6.08 Å². The third-order valence-electron chi connectivity index (χ3n) is 2.15. The van der Waals surface area contributed by atoms with Crippen molar-refractivity contribution in [3.05, 3.63) is 47.0 Å². The van der Waals surface area contributed by atoms with Crippen molar-refractivity contribution in [3.63, 3.8) is 0 Å². The predicted molar refractivity (Wildman–Crippen MR) is 59.7 cm³/mol. The fourth-order valence-corrected chi connectivity index (χ4v) is 1.40. The van der Waals surface area contributed by atoms with E-state index in [0.29, 0.717) is 0 Å². The molecule has 0 aromatic heterocycles. The maximum atomic E-state index is 11.6. The van der Waals surface area contributed by atoms with E-state index in [4.69, 9.17) is 0 Å². The van der Waals surface area contributed by atoms with Crippen LogP contribution in [0.1, 0.15) is 34.8 Å². The molecule has 0 saturated carbocycles. The van der Waals surface area contributed by atoms with Crippen LogP contribution in [0.2, 0.25) is 0 Å². The van der Waals surface area contributed by atoms with Crippen LogP contribution in [0.5, 0.6) is 0 Å². The Labute approximate surface area is 85.5 Å². The normalized spacial score (nSPS) is 10.8. The Morgan fingerprint density at radius 3 is 2.64 bits per heavy atom. The van der Waals surface area contributed by atoms with Crippen molar-refractivity contribution in [1.29, 1.82) is 0 Å². The Hall–Kier alpha value is -1.37. The molecule has 0 amide bonds. The zero-order chi connectivity index (χ0) is 10.6. The number of hydrogen-bond acceptors (Lipinski definition) is 1. The molecule has 0 spiro atoms. The first-order valence-corrected chi connectivity index (χ1v) is 4.93. The number of hydrogen-bond donors (Lipinski definition) is 0. The van der Waals surface area contributed by atoms with Crippen LogP contribution < -0.4 is 0 Å². The molecule has 1 rings (SSSR count). The highest BCUT2D eigenvalue weighted by Crippen LogP contribution is 2.11. The molecular formula is C13H16O. The van der Waals surface area contributed by atoms with Crippen LogP contribution in [0, 0.1) is 13.8 Å². The highest BCUT2D eigenvalue weighted by atomic mass is 16.1. The van der Waals surface area contributed by atoms with Crippen molar-refractivity contribution in [2.24, 2.45) is 0 Å². The fraction of sp³-hybridized carbons (Fsp3) is 0.308. The summed E-state index contributed by atoms with van der Waals surface area (Å²) in [5, 5.41) is 0. The Bertz CT molecular complexity index is 361. The quantitative estimate of drug-likeness (QED) is 0.524. The standard InChI is InChI=1S/C13H16O/c1-4-5-6-13(14)12-8-7-10(2)9-11(12)3/h5-9H,4H2,1-3H3/b6-5+. The molecule has 0 bridgehead atoms. The van der Waals surface area contributed by atoms with Gasteiger partial charge in [-0.1, -0.05) is 36.8 Å². The van der Waals surface area contributed by atoms with Gasteiger partial charge >= 0.3 is 0 Å². The second kappa shape index (κ2) is 4.75. The number of carbonyl (C=O) groups is 1. The van der Waals surface area contributed by atoms with Gasteiger partial charge in [0.05, 0.1) is 0 Å². The van der Waals surface area contributed by atoms with Gasteiger partial charge in [0, 0.05) is 5.56 Å². The molecule has 1 heteroatoms. The summed E-state index contributed by atoms with van der Waals surface area (Å²) in [5.74, 6) is 0.101. The zero-order valence-electron chi connectivity index (χ0n) is 9.00. The Kier molecular flexibility index (Phi) is 3.63. The minimum absolute atomic E-state index is 0.101. The van der Waals surface area contributed by atoms with Crippen LogP contribution in [0.3, 0.4) is 0 Å². The molecule has 0 heterocycles. The molecule has 0 fully saturated rings. The van der Waals surface area contributed by atoms with Crippen LogP contribution in [0.4, 0.5) is 0 Å². The molecule has 0 aliphatic rings. The molecule has 0 saturated heterocycles. The summed E-state index contributed by atoms with van der Waals surface area (Å²) >= 11 is 0. The number of carbonyl (C=O) groups excluding carboxylic acids is 1. The van der Waals surface area contributed by atoms with Crippen molar-refractivity contribution in [2.45, 2.75) is 27.2 Å².